The van der Waals surface area contributed by atoms with Crippen molar-refractivity contribution in [2.24, 2.45) is 5.92 Å². The molecule has 2 N–H and O–H groups in total. The van der Waals surface area contributed by atoms with E-state index in [4.69, 9.17) is 5.11 Å². The van der Waals surface area contributed by atoms with E-state index in [0.717, 1.165) is 31.8 Å². The lowest BCUT2D eigenvalue weighted by atomic mass is 10.0. The van der Waals surface area contributed by atoms with Gasteiger partial charge in [-0.15, -0.1) is 0 Å². The van der Waals surface area contributed by atoms with Crippen LogP contribution in [-0.2, 0) is 4.79 Å². The molecule has 1 aliphatic carbocycles. The SMILES string of the molecule is O=C(CO)NC1CCN(CC2CC2)CC1. The number of likely N-dealkylation sites (tertiary alicyclic amines) is 1. The van der Waals surface area contributed by atoms with E-state index in [-0.39, 0.29) is 18.6 Å². The van der Waals surface area contributed by atoms with Crippen molar-refractivity contribution in [1.29, 1.82) is 0 Å². The van der Waals surface area contributed by atoms with E-state index in [2.05, 4.69) is 10.2 Å². The summed E-state index contributed by atoms with van der Waals surface area (Å²) in [7, 11) is 0. The van der Waals surface area contributed by atoms with E-state index >= 15 is 0 Å². The van der Waals surface area contributed by atoms with Crippen LogP contribution in [0.4, 0.5) is 0 Å². The number of aliphatic hydroxyl groups is 1. The number of aliphatic hydroxyl groups excluding tert-OH is 1. The quantitative estimate of drug-likeness (QED) is 0.688. The van der Waals surface area contributed by atoms with Crippen LogP contribution in [0.2, 0.25) is 0 Å². The van der Waals surface area contributed by atoms with Gasteiger partial charge >= 0.3 is 0 Å². The Balaban J connectivity index is 1.64. The minimum absolute atomic E-state index is 0.240. The monoisotopic (exact) mass is 212 g/mol. The molecular weight excluding hydrogens is 192 g/mol. The average Bonchev–Trinajstić information content (AvgIpc) is 3.05. The Bertz CT molecular complexity index is 221. The third-order valence-electron chi connectivity index (χ3n) is 3.31. The molecule has 0 radical (unpaired) electrons. The Hall–Kier alpha value is -0.610. The van der Waals surface area contributed by atoms with Gasteiger partial charge in [-0.2, -0.15) is 0 Å². The van der Waals surface area contributed by atoms with Gasteiger partial charge in [-0.1, -0.05) is 0 Å². The molecule has 1 amide bonds. The van der Waals surface area contributed by atoms with Crippen molar-refractivity contribution in [3.63, 3.8) is 0 Å². The summed E-state index contributed by atoms with van der Waals surface area (Å²) in [6, 6.07) is 0.278. The number of piperidine rings is 1. The summed E-state index contributed by atoms with van der Waals surface area (Å²) >= 11 is 0. The largest absolute Gasteiger partial charge is 0.387 e. The number of hydrogen-bond acceptors (Lipinski definition) is 3. The Morgan fingerprint density at radius 3 is 2.47 bits per heavy atom. The first-order valence-corrected chi connectivity index (χ1v) is 5.90. The molecule has 15 heavy (non-hydrogen) atoms. The molecule has 2 aliphatic rings. The van der Waals surface area contributed by atoms with Crippen molar-refractivity contribution in [3.05, 3.63) is 0 Å². The molecule has 0 bridgehead atoms. The van der Waals surface area contributed by atoms with Gasteiger partial charge in [-0.3, -0.25) is 4.79 Å². The number of nitrogens with zero attached hydrogens (tertiary/aromatic N) is 1. The first-order chi connectivity index (χ1) is 7.28. The van der Waals surface area contributed by atoms with E-state index in [9.17, 15) is 4.79 Å². The van der Waals surface area contributed by atoms with Gasteiger partial charge in [0.15, 0.2) is 0 Å². The van der Waals surface area contributed by atoms with Crippen molar-refractivity contribution in [1.82, 2.24) is 10.2 Å². The number of carbonyl (C=O) groups excluding carboxylic acids is 1. The molecule has 1 saturated heterocycles. The molecule has 4 heteroatoms. The molecule has 0 unspecified atom stereocenters. The van der Waals surface area contributed by atoms with Gasteiger partial charge in [0.05, 0.1) is 0 Å². The maximum Gasteiger partial charge on any atom is 0.245 e. The van der Waals surface area contributed by atoms with Gasteiger partial charge in [0.2, 0.25) is 5.91 Å². The van der Waals surface area contributed by atoms with Crippen LogP contribution in [0.15, 0.2) is 0 Å². The molecule has 86 valence electrons. The third-order valence-corrected chi connectivity index (χ3v) is 3.31. The minimum atomic E-state index is -0.387. The van der Waals surface area contributed by atoms with Gasteiger partial charge in [0.25, 0.3) is 0 Å². The van der Waals surface area contributed by atoms with E-state index in [1.54, 1.807) is 0 Å². The summed E-state index contributed by atoms with van der Waals surface area (Å²) in [6.45, 7) is 3.04. The fourth-order valence-electron chi connectivity index (χ4n) is 2.20. The predicted octanol–water partition coefficient (Wildman–Crippen LogP) is -0.0307. The van der Waals surface area contributed by atoms with Gasteiger partial charge < -0.3 is 15.3 Å². The highest BCUT2D eigenvalue weighted by atomic mass is 16.3. The topological polar surface area (TPSA) is 52.6 Å². The Labute approximate surface area is 90.6 Å². The fraction of sp³-hybridized carbons (Fsp3) is 0.909. The van der Waals surface area contributed by atoms with Crippen LogP contribution in [0.25, 0.3) is 0 Å². The fourth-order valence-corrected chi connectivity index (χ4v) is 2.20. The zero-order valence-electron chi connectivity index (χ0n) is 9.11. The Morgan fingerprint density at radius 1 is 1.27 bits per heavy atom. The molecule has 1 aliphatic heterocycles. The normalized spacial score (nSPS) is 24.1. The molecule has 1 saturated carbocycles. The van der Waals surface area contributed by atoms with Crippen LogP contribution >= 0.6 is 0 Å². The molecule has 2 fully saturated rings. The standard InChI is InChI=1S/C11H20N2O2/c14-8-11(15)12-10-3-5-13(6-4-10)7-9-1-2-9/h9-10,14H,1-8H2,(H,12,15). The first-order valence-electron chi connectivity index (χ1n) is 5.90. The van der Waals surface area contributed by atoms with Crippen LogP contribution in [0, 0.1) is 5.92 Å². The molecule has 2 rings (SSSR count). The highest BCUT2D eigenvalue weighted by Gasteiger charge is 2.27. The molecule has 1 heterocycles. The summed E-state index contributed by atoms with van der Waals surface area (Å²) in [4.78, 5) is 13.5. The maximum absolute atomic E-state index is 11.0. The summed E-state index contributed by atoms with van der Waals surface area (Å²) in [5, 5.41) is 11.5. The van der Waals surface area contributed by atoms with Crippen LogP contribution in [-0.4, -0.2) is 48.2 Å². The third kappa shape index (κ3) is 3.47. The van der Waals surface area contributed by atoms with Gasteiger partial charge in [0.1, 0.15) is 6.61 Å². The second-order valence-electron chi connectivity index (χ2n) is 4.74. The smallest absolute Gasteiger partial charge is 0.245 e. The van der Waals surface area contributed by atoms with E-state index in [1.165, 1.54) is 19.4 Å². The highest BCUT2D eigenvalue weighted by molar-refractivity contribution is 5.77. The Kier molecular flexibility index (Phi) is 3.59. The minimum Gasteiger partial charge on any atom is -0.387 e. The van der Waals surface area contributed by atoms with Gasteiger partial charge in [-0.25, -0.2) is 0 Å². The van der Waals surface area contributed by atoms with E-state index in [1.807, 2.05) is 0 Å². The lowest BCUT2D eigenvalue weighted by Gasteiger charge is -2.32. The zero-order chi connectivity index (χ0) is 10.7. The number of rotatable bonds is 4. The molecule has 4 nitrogen and oxygen atoms in total. The molecule has 0 aromatic heterocycles. The van der Waals surface area contributed by atoms with Crippen LogP contribution in [0.1, 0.15) is 25.7 Å². The maximum atomic E-state index is 11.0. The van der Waals surface area contributed by atoms with E-state index in [0.29, 0.717) is 0 Å². The number of carbonyl (C=O) groups is 1. The zero-order valence-corrected chi connectivity index (χ0v) is 9.11. The number of amides is 1. The van der Waals surface area contributed by atoms with E-state index < -0.39 is 0 Å². The van der Waals surface area contributed by atoms with Crippen molar-refractivity contribution in [2.75, 3.05) is 26.2 Å². The molecule has 0 atom stereocenters. The van der Waals surface area contributed by atoms with Crippen LogP contribution in [0.3, 0.4) is 0 Å². The molecular formula is C11H20N2O2. The summed E-state index contributed by atoms with van der Waals surface area (Å²) in [6.07, 6.45) is 4.86. The predicted molar refractivity (Wildman–Crippen MR) is 57.4 cm³/mol. The second kappa shape index (κ2) is 4.94. The van der Waals surface area contributed by atoms with Crippen molar-refractivity contribution in [3.8, 4) is 0 Å². The number of nitrogens with one attached hydrogen (secondary N) is 1. The molecule has 0 spiro atoms. The lowest BCUT2D eigenvalue weighted by molar-refractivity contribution is -0.124. The molecule has 0 aromatic carbocycles. The van der Waals surface area contributed by atoms with Gasteiger partial charge in [-0.05, 0) is 31.6 Å². The van der Waals surface area contributed by atoms with Crippen molar-refractivity contribution in [2.45, 2.75) is 31.7 Å². The number of hydrogen-bond donors (Lipinski definition) is 2. The van der Waals surface area contributed by atoms with Crippen LogP contribution < -0.4 is 5.32 Å². The summed E-state index contributed by atoms with van der Waals surface area (Å²) in [5.41, 5.74) is 0. The molecule has 0 aromatic rings. The van der Waals surface area contributed by atoms with Crippen LogP contribution in [0.5, 0.6) is 0 Å². The summed E-state index contributed by atoms with van der Waals surface area (Å²) < 4.78 is 0. The van der Waals surface area contributed by atoms with Crippen molar-refractivity contribution >= 4 is 5.91 Å². The van der Waals surface area contributed by atoms with Gasteiger partial charge in [0, 0.05) is 25.7 Å². The first kappa shape index (κ1) is 10.9. The summed E-state index contributed by atoms with van der Waals surface area (Å²) in [5.74, 6) is 0.712. The lowest BCUT2D eigenvalue weighted by Crippen LogP contribution is -2.45. The highest BCUT2D eigenvalue weighted by Crippen LogP contribution is 2.30. The van der Waals surface area contributed by atoms with Crippen molar-refractivity contribution < 1.29 is 9.90 Å². The Morgan fingerprint density at radius 2 is 1.93 bits per heavy atom. The second-order valence-corrected chi connectivity index (χ2v) is 4.74. The average molecular weight is 212 g/mol.